The summed E-state index contributed by atoms with van der Waals surface area (Å²) in [5, 5.41) is 5.11. The van der Waals surface area contributed by atoms with Crippen molar-refractivity contribution in [1.29, 1.82) is 0 Å². The molecule has 0 unspecified atom stereocenters. The van der Waals surface area contributed by atoms with Gasteiger partial charge in [-0.3, -0.25) is 0 Å². The van der Waals surface area contributed by atoms with Crippen LogP contribution in [-0.4, -0.2) is 9.13 Å². The first kappa shape index (κ1) is 36.0. The quantitative estimate of drug-likeness (QED) is 0.158. The molecule has 2 heteroatoms. The van der Waals surface area contributed by atoms with E-state index >= 15 is 0 Å². The topological polar surface area (TPSA) is 9.86 Å². The number of allylic oxidation sites excluding steroid dienone is 8. The number of hydrogen-bond acceptors (Lipinski definition) is 0. The number of benzene rings is 8. The van der Waals surface area contributed by atoms with Gasteiger partial charge in [0.05, 0.1) is 27.5 Å². The summed E-state index contributed by atoms with van der Waals surface area (Å²) in [7, 11) is 0. The summed E-state index contributed by atoms with van der Waals surface area (Å²) in [6.45, 7) is 0. The van der Waals surface area contributed by atoms with E-state index in [1.165, 1.54) is 111 Å². The van der Waals surface area contributed by atoms with Crippen molar-refractivity contribution in [2.75, 3.05) is 0 Å². The first-order chi connectivity index (χ1) is 31.3. The smallest absolute Gasteiger partial charge is 0.0713 e. The van der Waals surface area contributed by atoms with Gasteiger partial charge in [-0.1, -0.05) is 176 Å². The van der Waals surface area contributed by atoms with Gasteiger partial charge >= 0.3 is 0 Å². The standard InChI is InChI=1S/C61H44N2/c1-4-17-41(18-5-1)42-19-16-24-48(37-42)63-58-36-33-46(61(45-20-6-2-7-21-45)55-28-13-10-25-49(55)50-26-11-14-29-56(50)61)40-54(58)53-35-32-44(39-60(53)63)43-31-34-52-51-27-12-15-30-57(51)62(59(52)38-43)47-22-8-3-9-23-47/h1-8,10-15,17-18,20-22,24-40H,9,16,19,23H2. The minimum atomic E-state index is -0.473. The van der Waals surface area contributed by atoms with Crippen LogP contribution in [0.25, 0.3) is 82.8 Å². The highest BCUT2D eigenvalue weighted by atomic mass is 15.0. The van der Waals surface area contributed by atoms with Gasteiger partial charge in [-0.05, 0) is 124 Å². The molecule has 0 amide bonds. The second-order valence-corrected chi connectivity index (χ2v) is 17.4. The molecular weight excluding hydrogens is 761 g/mol. The van der Waals surface area contributed by atoms with Gasteiger partial charge in [0.25, 0.3) is 0 Å². The molecule has 2 nitrogen and oxygen atoms in total. The molecule has 298 valence electrons. The Kier molecular flexibility index (Phi) is 8.11. The second-order valence-electron chi connectivity index (χ2n) is 17.4. The Balaban J connectivity index is 1.06. The molecule has 0 aliphatic heterocycles. The normalized spacial score (nSPS) is 15.4. The maximum Gasteiger partial charge on any atom is 0.0713 e. The van der Waals surface area contributed by atoms with Gasteiger partial charge < -0.3 is 9.13 Å². The largest absolute Gasteiger partial charge is 0.313 e. The third-order valence-electron chi connectivity index (χ3n) is 14.1. The summed E-state index contributed by atoms with van der Waals surface area (Å²) in [6, 6.07) is 70.6. The van der Waals surface area contributed by atoms with Gasteiger partial charge in [-0.15, -0.1) is 0 Å². The minimum Gasteiger partial charge on any atom is -0.313 e. The van der Waals surface area contributed by atoms with E-state index in [9.17, 15) is 0 Å². The first-order valence-electron chi connectivity index (χ1n) is 22.5. The van der Waals surface area contributed by atoms with E-state index in [1.807, 2.05) is 0 Å². The highest BCUT2D eigenvalue weighted by Gasteiger charge is 2.46. The fourth-order valence-corrected chi connectivity index (χ4v) is 11.4. The Morgan fingerprint density at radius 3 is 1.76 bits per heavy atom. The lowest BCUT2D eigenvalue weighted by Crippen LogP contribution is -2.28. The molecule has 13 rings (SSSR count). The third-order valence-corrected chi connectivity index (χ3v) is 14.1. The Morgan fingerprint density at radius 2 is 1.03 bits per heavy atom. The SMILES string of the molecule is C1=CCCC(n2c3ccccc3c3ccc(-c4ccc5c6cc(C7(c8ccccc8)c8ccccc8-c8ccccc87)ccc6n(C6=CCCC(c7ccccc7)=C6)c5c4)cc32)=C1. The van der Waals surface area contributed by atoms with Crippen LogP contribution < -0.4 is 0 Å². The Labute approximate surface area is 367 Å². The van der Waals surface area contributed by atoms with Gasteiger partial charge in [-0.25, -0.2) is 0 Å². The number of nitrogens with zero attached hydrogens (tertiary/aromatic N) is 2. The zero-order chi connectivity index (χ0) is 41.5. The van der Waals surface area contributed by atoms with Gasteiger partial charge in [0.15, 0.2) is 0 Å². The molecule has 0 fully saturated rings. The molecule has 0 saturated carbocycles. The van der Waals surface area contributed by atoms with Crippen LogP contribution in [0.3, 0.4) is 0 Å². The van der Waals surface area contributed by atoms with Crippen LogP contribution in [0, 0.1) is 0 Å². The highest BCUT2D eigenvalue weighted by Crippen LogP contribution is 2.56. The van der Waals surface area contributed by atoms with Crippen molar-refractivity contribution in [2.45, 2.75) is 31.1 Å². The van der Waals surface area contributed by atoms with E-state index in [4.69, 9.17) is 0 Å². The third kappa shape index (κ3) is 5.38. The first-order valence-corrected chi connectivity index (χ1v) is 22.5. The van der Waals surface area contributed by atoms with Crippen molar-refractivity contribution in [3.8, 4) is 22.3 Å². The molecule has 0 spiro atoms. The summed E-state index contributed by atoms with van der Waals surface area (Å²) >= 11 is 0. The second kappa shape index (κ2) is 14.2. The van der Waals surface area contributed by atoms with Crippen LogP contribution in [0.5, 0.6) is 0 Å². The average molecular weight is 805 g/mol. The molecule has 0 saturated heterocycles. The summed E-state index contributed by atoms with van der Waals surface area (Å²) in [4.78, 5) is 0. The fraction of sp³-hybridized carbons (Fsp3) is 0.0820. The Hall–Kier alpha value is -7.68. The zero-order valence-electron chi connectivity index (χ0n) is 35.0. The molecule has 3 aliphatic carbocycles. The predicted molar refractivity (Wildman–Crippen MR) is 266 cm³/mol. The molecule has 0 radical (unpaired) electrons. The van der Waals surface area contributed by atoms with Crippen molar-refractivity contribution in [3.05, 3.63) is 246 Å². The van der Waals surface area contributed by atoms with Crippen molar-refractivity contribution in [1.82, 2.24) is 9.13 Å². The molecule has 0 bridgehead atoms. The minimum absolute atomic E-state index is 0.473. The van der Waals surface area contributed by atoms with E-state index in [-0.39, 0.29) is 0 Å². The number of hydrogen-bond donors (Lipinski definition) is 0. The maximum atomic E-state index is 2.54. The van der Waals surface area contributed by atoms with Gasteiger partial charge in [0.2, 0.25) is 0 Å². The predicted octanol–water partition coefficient (Wildman–Crippen LogP) is 15.8. The maximum absolute atomic E-state index is 2.54. The summed E-state index contributed by atoms with van der Waals surface area (Å²) in [6.07, 6.45) is 15.8. The van der Waals surface area contributed by atoms with Crippen LogP contribution in [0.1, 0.15) is 53.5 Å². The molecule has 0 N–H and O–H groups in total. The Bertz CT molecular complexity index is 3560. The Morgan fingerprint density at radius 1 is 0.413 bits per heavy atom. The molecule has 63 heavy (non-hydrogen) atoms. The molecule has 2 aromatic heterocycles. The summed E-state index contributed by atoms with van der Waals surface area (Å²) in [5.41, 5.74) is 20.0. The fourth-order valence-electron chi connectivity index (χ4n) is 11.4. The lowest BCUT2D eigenvalue weighted by atomic mass is 9.67. The van der Waals surface area contributed by atoms with E-state index < -0.39 is 5.41 Å². The number of rotatable bonds is 6. The van der Waals surface area contributed by atoms with Crippen molar-refractivity contribution in [2.24, 2.45) is 0 Å². The van der Waals surface area contributed by atoms with Crippen molar-refractivity contribution >= 4 is 60.6 Å². The summed E-state index contributed by atoms with van der Waals surface area (Å²) < 4.78 is 5.04. The average Bonchev–Trinajstić information content (AvgIpc) is 3.98. The van der Waals surface area contributed by atoms with E-state index in [0.29, 0.717) is 0 Å². The van der Waals surface area contributed by atoms with Gasteiger partial charge in [0.1, 0.15) is 0 Å². The van der Waals surface area contributed by atoms with Crippen LogP contribution in [-0.2, 0) is 5.41 Å². The van der Waals surface area contributed by atoms with Gasteiger partial charge in [-0.2, -0.15) is 0 Å². The zero-order valence-corrected chi connectivity index (χ0v) is 35.0. The van der Waals surface area contributed by atoms with E-state index in [0.717, 1.165) is 25.7 Å². The lowest BCUT2D eigenvalue weighted by molar-refractivity contribution is 0.770. The van der Waals surface area contributed by atoms with Crippen LogP contribution >= 0.6 is 0 Å². The van der Waals surface area contributed by atoms with Crippen molar-refractivity contribution < 1.29 is 0 Å². The molecule has 10 aromatic rings. The number of aromatic nitrogens is 2. The molecule has 2 heterocycles. The van der Waals surface area contributed by atoms with E-state index in [1.54, 1.807) is 0 Å². The highest BCUT2D eigenvalue weighted by molar-refractivity contribution is 6.14. The summed E-state index contributed by atoms with van der Waals surface area (Å²) in [5.74, 6) is 0. The molecule has 8 aromatic carbocycles. The number of para-hydroxylation sites is 1. The molecule has 3 aliphatic rings. The van der Waals surface area contributed by atoms with Crippen LogP contribution in [0.4, 0.5) is 0 Å². The molecule has 0 atom stereocenters. The molecular formula is C61H44N2. The monoisotopic (exact) mass is 804 g/mol. The van der Waals surface area contributed by atoms with E-state index in [2.05, 4.69) is 228 Å². The van der Waals surface area contributed by atoms with Crippen LogP contribution in [0.2, 0.25) is 0 Å². The number of fused-ring (bicyclic) bond motifs is 9. The van der Waals surface area contributed by atoms with Crippen molar-refractivity contribution in [3.63, 3.8) is 0 Å². The van der Waals surface area contributed by atoms with Crippen LogP contribution in [0.15, 0.2) is 218 Å². The lowest BCUT2D eigenvalue weighted by Gasteiger charge is -2.34. The van der Waals surface area contributed by atoms with Gasteiger partial charge in [0, 0.05) is 32.9 Å².